The lowest BCUT2D eigenvalue weighted by atomic mass is 10.1. The first-order valence-corrected chi connectivity index (χ1v) is 11.3. The zero-order valence-corrected chi connectivity index (χ0v) is 18.0. The third-order valence-corrected chi connectivity index (χ3v) is 6.61. The van der Waals surface area contributed by atoms with Crippen LogP contribution >= 0.6 is 11.6 Å². The molecule has 2 N–H and O–H groups in total. The standard InChI is InChI=1S/C21H20ClN3O4S/c1-12(2)9-10-25-16-8-7-13(22)11-14(16)19(26)18(21(25)27)20-23-15-5-3-4-6-17(15)30(28,29)24-20/h3-8,11-12,26H,9-10H2,1-2H3,(H,23,24). The molecular formula is C21H20ClN3O4S. The van der Waals surface area contributed by atoms with E-state index in [2.05, 4.69) is 9.71 Å². The van der Waals surface area contributed by atoms with Crippen molar-refractivity contribution in [3.05, 3.63) is 63.4 Å². The van der Waals surface area contributed by atoms with E-state index in [1.807, 2.05) is 13.8 Å². The van der Waals surface area contributed by atoms with Crippen molar-refractivity contribution < 1.29 is 13.5 Å². The van der Waals surface area contributed by atoms with Gasteiger partial charge in [-0.25, -0.2) is 13.4 Å². The molecule has 0 amide bonds. The first-order chi connectivity index (χ1) is 14.2. The van der Waals surface area contributed by atoms with E-state index in [9.17, 15) is 18.3 Å². The Labute approximate surface area is 178 Å². The number of benzene rings is 2. The number of fused-ring (bicyclic) bond motifs is 2. The fourth-order valence-electron chi connectivity index (χ4n) is 3.45. The van der Waals surface area contributed by atoms with Crippen molar-refractivity contribution in [2.75, 3.05) is 0 Å². The highest BCUT2D eigenvalue weighted by Gasteiger charge is 2.30. The second kappa shape index (κ2) is 7.45. The highest BCUT2D eigenvalue weighted by molar-refractivity contribution is 7.90. The van der Waals surface area contributed by atoms with Gasteiger partial charge >= 0.3 is 0 Å². The summed E-state index contributed by atoms with van der Waals surface area (Å²) in [5.41, 5.74) is -0.00802. The molecule has 0 spiro atoms. The van der Waals surface area contributed by atoms with Gasteiger partial charge < -0.3 is 9.67 Å². The molecular weight excluding hydrogens is 426 g/mol. The smallest absolute Gasteiger partial charge is 0.265 e. The number of aryl methyl sites for hydroxylation is 1. The molecule has 0 saturated heterocycles. The molecule has 30 heavy (non-hydrogen) atoms. The molecule has 2 heterocycles. The van der Waals surface area contributed by atoms with E-state index in [1.165, 1.54) is 10.6 Å². The number of halogens is 1. The maximum atomic E-state index is 13.4. The van der Waals surface area contributed by atoms with Crippen molar-refractivity contribution in [3.63, 3.8) is 0 Å². The van der Waals surface area contributed by atoms with Gasteiger partial charge in [0, 0.05) is 17.0 Å². The lowest BCUT2D eigenvalue weighted by Crippen LogP contribution is -2.39. The highest BCUT2D eigenvalue weighted by Crippen LogP contribution is 2.33. The van der Waals surface area contributed by atoms with Crippen LogP contribution in [-0.2, 0) is 16.6 Å². The number of amidine groups is 1. The molecule has 1 aliphatic heterocycles. The van der Waals surface area contributed by atoms with Gasteiger partial charge in [-0.3, -0.25) is 9.52 Å². The summed E-state index contributed by atoms with van der Waals surface area (Å²) >= 11 is 6.12. The SMILES string of the molecule is CC(C)CCn1c(=O)c(C2=Nc3ccccc3S(=O)(=O)N2)c(O)c2cc(Cl)ccc21. The number of hydrogen-bond donors (Lipinski definition) is 2. The second-order valence-electron chi connectivity index (χ2n) is 7.56. The predicted octanol–water partition coefficient (Wildman–Crippen LogP) is 3.78. The zero-order chi connectivity index (χ0) is 21.6. The Morgan fingerprint density at radius 3 is 2.67 bits per heavy atom. The number of rotatable bonds is 4. The summed E-state index contributed by atoms with van der Waals surface area (Å²) in [5.74, 6) is -0.232. The Bertz CT molecular complexity index is 1360. The van der Waals surface area contributed by atoms with Crippen molar-refractivity contribution in [2.45, 2.75) is 31.7 Å². The van der Waals surface area contributed by atoms with Crippen LogP contribution < -0.4 is 10.3 Å². The largest absolute Gasteiger partial charge is 0.506 e. The van der Waals surface area contributed by atoms with Gasteiger partial charge in [-0.15, -0.1) is 0 Å². The first-order valence-electron chi connectivity index (χ1n) is 9.45. The number of nitrogens with one attached hydrogen (secondary N) is 1. The predicted molar refractivity (Wildman–Crippen MR) is 117 cm³/mol. The topological polar surface area (TPSA) is 101 Å². The average Bonchev–Trinajstić information content (AvgIpc) is 2.67. The Balaban J connectivity index is 2.02. The van der Waals surface area contributed by atoms with Gasteiger partial charge in [0.05, 0.1) is 11.2 Å². The minimum atomic E-state index is -3.94. The second-order valence-corrected chi connectivity index (χ2v) is 9.65. The quantitative estimate of drug-likeness (QED) is 0.638. The Morgan fingerprint density at radius 2 is 1.93 bits per heavy atom. The fourth-order valence-corrected chi connectivity index (χ4v) is 4.78. The molecule has 0 aliphatic carbocycles. The van der Waals surface area contributed by atoms with E-state index in [4.69, 9.17) is 11.6 Å². The summed E-state index contributed by atoms with van der Waals surface area (Å²) in [6.07, 6.45) is 0.725. The number of pyridine rings is 1. The van der Waals surface area contributed by atoms with Crippen molar-refractivity contribution in [1.82, 2.24) is 9.29 Å². The van der Waals surface area contributed by atoms with Crippen LogP contribution in [-0.4, -0.2) is 23.9 Å². The molecule has 2 aromatic carbocycles. The molecule has 0 atom stereocenters. The average molecular weight is 446 g/mol. The zero-order valence-electron chi connectivity index (χ0n) is 16.4. The summed E-state index contributed by atoms with van der Waals surface area (Å²) in [6.45, 7) is 4.49. The number of aliphatic imine (C=N–C) groups is 1. The first kappa shape index (κ1) is 20.4. The van der Waals surface area contributed by atoms with Crippen LogP contribution in [0.25, 0.3) is 10.9 Å². The highest BCUT2D eigenvalue weighted by atomic mass is 35.5. The number of nitrogens with zero attached hydrogens (tertiary/aromatic N) is 2. The third-order valence-electron chi connectivity index (χ3n) is 4.99. The van der Waals surface area contributed by atoms with Gasteiger partial charge in [-0.2, -0.15) is 0 Å². The van der Waals surface area contributed by atoms with Gasteiger partial charge in [-0.05, 0) is 42.7 Å². The fraction of sp³-hybridized carbons (Fsp3) is 0.238. The summed E-state index contributed by atoms with van der Waals surface area (Å²) in [5, 5.41) is 11.7. The molecule has 0 radical (unpaired) electrons. The summed E-state index contributed by atoms with van der Waals surface area (Å²) in [4.78, 5) is 17.7. The summed E-state index contributed by atoms with van der Waals surface area (Å²) in [7, 11) is -3.94. The minimum Gasteiger partial charge on any atom is -0.506 e. The number of para-hydroxylation sites is 1. The van der Waals surface area contributed by atoms with E-state index < -0.39 is 15.6 Å². The maximum absolute atomic E-state index is 13.4. The normalized spacial score (nSPS) is 15.0. The van der Waals surface area contributed by atoms with Crippen LogP contribution in [0.2, 0.25) is 5.02 Å². The van der Waals surface area contributed by atoms with E-state index in [0.29, 0.717) is 28.4 Å². The van der Waals surface area contributed by atoms with Crippen LogP contribution in [0.4, 0.5) is 5.69 Å². The molecule has 0 unspecified atom stereocenters. The van der Waals surface area contributed by atoms with E-state index >= 15 is 0 Å². The van der Waals surface area contributed by atoms with Gasteiger partial charge in [0.25, 0.3) is 15.6 Å². The van der Waals surface area contributed by atoms with Crippen LogP contribution in [0, 0.1) is 5.92 Å². The van der Waals surface area contributed by atoms with E-state index in [1.54, 1.807) is 36.4 Å². The molecule has 7 nitrogen and oxygen atoms in total. The molecule has 1 aromatic heterocycles. The molecule has 0 fully saturated rings. The third kappa shape index (κ3) is 3.46. The Hall–Kier alpha value is -2.84. The minimum absolute atomic E-state index is 0.0113. The van der Waals surface area contributed by atoms with Gasteiger partial charge in [0.2, 0.25) is 0 Å². The van der Waals surface area contributed by atoms with Gasteiger partial charge in [0.1, 0.15) is 16.2 Å². The molecule has 0 saturated carbocycles. The van der Waals surface area contributed by atoms with Crippen molar-refractivity contribution >= 4 is 44.1 Å². The van der Waals surface area contributed by atoms with Gasteiger partial charge in [0.15, 0.2) is 5.84 Å². The number of sulfonamides is 1. The number of aromatic hydroxyl groups is 1. The van der Waals surface area contributed by atoms with Crippen LogP contribution in [0.5, 0.6) is 5.75 Å². The Kier molecular flexibility index (Phi) is 5.07. The number of aromatic nitrogens is 1. The van der Waals surface area contributed by atoms with Crippen LogP contribution in [0.1, 0.15) is 25.8 Å². The van der Waals surface area contributed by atoms with Crippen molar-refractivity contribution in [3.8, 4) is 5.75 Å². The van der Waals surface area contributed by atoms with E-state index in [-0.39, 0.29) is 27.7 Å². The Morgan fingerprint density at radius 1 is 1.20 bits per heavy atom. The molecule has 9 heteroatoms. The number of hydrogen-bond acceptors (Lipinski definition) is 5. The summed E-state index contributed by atoms with van der Waals surface area (Å²) < 4.78 is 29.2. The summed E-state index contributed by atoms with van der Waals surface area (Å²) in [6, 6.07) is 11.1. The molecule has 3 aromatic rings. The van der Waals surface area contributed by atoms with Crippen LogP contribution in [0.3, 0.4) is 0 Å². The molecule has 0 bridgehead atoms. The van der Waals surface area contributed by atoms with Crippen molar-refractivity contribution in [1.29, 1.82) is 0 Å². The monoisotopic (exact) mass is 445 g/mol. The van der Waals surface area contributed by atoms with E-state index in [0.717, 1.165) is 6.42 Å². The maximum Gasteiger partial charge on any atom is 0.265 e. The molecule has 1 aliphatic rings. The lowest BCUT2D eigenvalue weighted by molar-refractivity contribution is 0.473. The lowest BCUT2D eigenvalue weighted by Gasteiger charge is -2.20. The van der Waals surface area contributed by atoms with Gasteiger partial charge in [-0.1, -0.05) is 37.6 Å². The van der Waals surface area contributed by atoms with Crippen LogP contribution in [0.15, 0.2) is 57.1 Å². The van der Waals surface area contributed by atoms with Crippen molar-refractivity contribution in [2.24, 2.45) is 10.9 Å². The molecule has 4 rings (SSSR count). The molecule has 156 valence electrons.